The second-order valence-corrected chi connectivity index (χ2v) is 4.54. The van der Waals surface area contributed by atoms with Crippen molar-refractivity contribution in [2.24, 2.45) is 5.92 Å². The number of allylic oxidation sites excluding steroid dienone is 2. The molecule has 0 saturated heterocycles. The van der Waals surface area contributed by atoms with E-state index in [1.165, 1.54) is 18.2 Å². The molecule has 1 aliphatic rings. The predicted molar refractivity (Wildman–Crippen MR) is 72.7 cm³/mol. The van der Waals surface area contributed by atoms with Crippen molar-refractivity contribution < 1.29 is 13.9 Å². The first-order chi connectivity index (χ1) is 9.20. The number of nitrogens with one attached hydrogen (secondary N) is 1. The SMILES string of the molecule is CCOc1cc(F)ccc1NC(=O)C1CC=CCC1. The lowest BCUT2D eigenvalue weighted by Gasteiger charge is -2.18. The Morgan fingerprint density at radius 2 is 2.32 bits per heavy atom. The quantitative estimate of drug-likeness (QED) is 0.844. The van der Waals surface area contributed by atoms with E-state index in [2.05, 4.69) is 11.4 Å². The summed E-state index contributed by atoms with van der Waals surface area (Å²) in [4.78, 5) is 12.1. The molecule has 1 unspecified atom stereocenters. The van der Waals surface area contributed by atoms with Gasteiger partial charge in [0, 0.05) is 12.0 Å². The van der Waals surface area contributed by atoms with Crippen LogP contribution in [0.2, 0.25) is 0 Å². The fraction of sp³-hybridized carbons (Fsp3) is 0.400. The van der Waals surface area contributed by atoms with Crippen molar-refractivity contribution in [1.82, 2.24) is 0 Å². The van der Waals surface area contributed by atoms with Crippen LogP contribution in [-0.4, -0.2) is 12.5 Å². The van der Waals surface area contributed by atoms with E-state index >= 15 is 0 Å². The van der Waals surface area contributed by atoms with Crippen molar-refractivity contribution in [1.29, 1.82) is 0 Å². The smallest absolute Gasteiger partial charge is 0.227 e. The van der Waals surface area contributed by atoms with E-state index in [-0.39, 0.29) is 17.6 Å². The third-order valence-electron chi connectivity index (χ3n) is 3.14. The van der Waals surface area contributed by atoms with Crippen LogP contribution in [0.3, 0.4) is 0 Å². The zero-order chi connectivity index (χ0) is 13.7. The molecular weight excluding hydrogens is 245 g/mol. The lowest BCUT2D eigenvalue weighted by molar-refractivity contribution is -0.120. The van der Waals surface area contributed by atoms with Crippen LogP contribution in [0.15, 0.2) is 30.4 Å². The van der Waals surface area contributed by atoms with Gasteiger partial charge in [-0.25, -0.2) is 4.39 Å². The van der Waals surface area contributed by atoms with Gasteiger partial charge < -0.3 is 10.1 Å². The molecule has 4 heteroatoms. The zero-order valence-corrected chi connectivity index (χ0v) is 11.0. The van der Waals surface area contributed by atoms with E-state index in [4.69, 9.17) is 4.74 Å². The van der Waals surface area contributed by atoms with Gasteiger partial charge in [-0.3, -0.25) is 4.79 Å². The average Bonchev–Trinajstić information content (AvgIpc) is 2.43. The Morgan fingerprint density at radius 1 is 1.47 bits per heavy atom. The Kier molecular flexibility index (Phi) is 4.55. The van der Waals surface area contributed by atoms with Crippen LogP contribution in [0.5, 0.6) is 5.75 Å². The van der Waals surface area contributed by atoms with Gasteiger partial charge in [0.25, 0.3) is 0 Å². The summed E-state index contributed by atoms with van der Waals surface area (Å²) in [6, 6.07) is 4.15. The molecule has 1 aliphatic carbocycles. The number of anilines is 1. The average molecular weight is 263 g/mol. The molecule has 0 fully saturated rings. The summed E-state index contributed by atoms with van der Waals surface area (Å²) in [5.41, 5.74) is 0.530. The summed E-state index contributed by atoms with van der Waals surface area (Å²) in [7, 11) is 0. The van der Waals surface area contributed by atoms with Crippen LogP contribution in [0.4, 0.5) is 10.1 Å². The van der Waals surface area contributed by atoms with E-state index < -0.39 is 0 Å². The lowest BCUT2D eigenvalue weighted by atomic mass is 9.93. The van der Waals surface area contributed by atoms with Gasteiger partial charge in [-0.05, 0) is 38.3 Å². The monoisotopic (exact) mass is 263 g/mol. The summed E-state index contributed by atoms with van der Waals surface area (Å²) in [5.74, 6) is -0.0364. The maximum atomic E-state index is 13.2. The van der Waals surface area contributed by atoms with E-state index in [0.29, 0.717) is 18.0 Å². The largest absolute Gasteiger partial charge is 0.492 e. The van der Waals surface area contributed by atoms with Gasteiger partial charge in [-0.2, -0.15) is 0 Å². The lowest BCUT2D eigenvalue weighted by Crippen LogP contribution is -2.23. The van der Waals surface area contributed by atoms with Gasteiger partial charge in [0.2, 0.25) is 5.91 Å². The van der Waals surface area contributed by atoms with Crippen molar-refractivity contribution in [2.45, 2.75) is 26.2 Å². The highest BCUT2D eigenvalue weighted by Crippen LogP contribution is 2.27. The van der Waals surface area contributed by atoms with Gasteiger partial charge in [0.15, 0.2) is 0 Å². The number of hydrogen-bond acceptors (Lipinski definition) is 2. The van der Waals surface area contributed by atoms with Gasteiger partial charge in [0.05, 0.1) is 12.3 Å². The molecule has 1 amide bonds. The molecule has 1 aromatic carbocycles. The number of ether oxygens (including phenoxy) is 1. The molecule has 1 N–H and O–H groups in total. The van der Waals surface area contributed by atoms with Crippen LogP contribution in [0.25, 0.3) is 0 Å². The van der Waals surface area contributed by atoms with Gasteiger partial charge in [0.1, 0.15) is 11.6 Å². The van der Waals surface area contributed by atoms with Crippen LogP contribution in [0, 0.1) is 11.7 Å². The van der Waals surface area contributed by atoms with Crippen LogP contribution >= 0.6 is 0 Å². The van der Waals surface area contributed by atoms with E-state index in [0.717, 1.165) is 19.3 Å². The number of hydrogen-bond donors (Lipinski definition) is 1. The molecule has 0 aromatic heterocycles. The molecule has 0 aliphatic heterocycles. The first-order valence-electron chi connectivity index (χ1n) is 6.59. The molecule has 0 radical (unpaired) electrons. The Hall–Kier alpha value is -1.84. The van der Waals surface area contributed by atoms with Gasteiger partial charge in [-0.15, -0.1) is 0 Å². The second-order valence-electron chi connectivity index (χ2n) is 4.54. The van der Waals surface area contributed by atoms with Crippen LogP contribution < -0.4 is 10.1 Å². The molecule has 0 bridgehead atoms. The van der Waals surface area contributed by atoms with Crippen LogP contribution in [-0.2, 0) is 4.79 Å². The molecule has 0 spiro atoms. The first-order valence-corrected chi connectivity index (χ1v) is 6.59. The molecule has 19 heavy (non-hydrogen) atoms. The van der Waals surface area contributed by atoms with Crippen molar-refractivity contribution in [3.8, 4) is 5.75 Å². The molecule has 0 saturated carbocycles. The van der Waals surface area contributed by atoms with E-state index in [1.807, 2.05) is 13.0 Å². The summed E-state index contributed by atoms with van der Waals surface area (Å²) in [6.45, 7) is 2.25. The minimum Gasteiger partial charge on any atom is -0.492 e. The minimum atomic E-state index is -0.373. The minimum absolute atomic E-state index is 0.00969. The number of halogens is 1. The van der Waals surface area contributed by atoms with Crippen molar-refractivity contribution in [2.75, 3.05) is 11.9 Å². The maximum Gasteiger partial charge on any atom is 0.227 e. The zero-order valence-electron chi connectivity index (χ0n) is 11.0. The standard InChI is InChI=1S/C15H18FNO2/c1-2-19-14-10-12(16)8-9-13(14)17-15(18)11-6-4-3-5-7-11/h3-4,8-11H,2,5-7H2,1H3,(H,17,18). The number of benzene rings is 1. The highest BCUT2D eigenvalue weighted by atomic mass is 19.1. The number of carbonyl (C=O) groups excluding carboxylic acids is 1. The van der Waals surface area contributed by atoms with Gasteiger partial charge >= 0.3 is 0 Å². The summed E-state index contributed by atoms with van der Waals surface area (Å²) in [6.07, 6.45) is 6.67. The topological polar surface area (TPSA) is 38.3 Å². The summed E-state index contributed by atoms with van der Waals surface area (Å²) >= 11 is 0. The molecule has 2 rings (SSSR count). The molecule has 1 aromatic rings. The van der Waals surface area contributed by atoms with E-state index in [9.17, 15) is 9.18 Å². The number of carbonyl (C=O) groups is 1. The normalized spacial score (nSPS) is 18.1. The Labute approximate surface area is 112 Å². The maximum absolute atomic E-state index is 13.2. The number of amides is 1. The Balaban J connectivity index is 2.09. The van der Waals surface area contributed by atoms with Crippen LogP contribution in [0.1, 0.15) is 26.2 Å². The second kappa shape index (κ2) is 6.36. The highest BCUT2D eigenvalue weighted by Gasteiger charge is 2.20. The van der Waals surface area contributed by atoms with Crippen molar-refractivity contribution >= 4 is 11.6 Å². The molecule has 0 heterocycles. The van der Waals surface area contributed by atoms with Crippen molar-refractivity contribution in [3.63, 3.8) is 0 Å². The fourth-order valence-corrected chi connectivity index (χ4v) is 2.14. The summed E-state index contributed by atoms with van der Waals surface area (Å²) < 4.78 is 18.5. The Morgan fingerprint density at radius 3 is 3.00 bits per heavy atom. The summed E-state index contributed by atoms with van der Waals surface area (Å²) in [5, 5.41) is 2.83. The molecule has 102 valence electrons. The highest BCUT2D eigenvalue weighted by molar-refractivity contribution is 5.94. The van der Waals surface area contributed by atoms with Gasteiger partial charge in [-0.1, -0.05) is 12.2 Å². The number of rotatable bonds is 4. The molecular formula is C15H18FNO2. The third kappa shape index (κ3) is 3.56. The van der Waals surface area contributed by atoms with Crippen molar-refractivity contribution in [3.05, 3.63) is 36.2 Å². The molecule has 1 atom stereocenters. The Bertz CT molecular complexity index is 485. The predicted octanol–water partition coefficient (Wildman–Crippen LogP) is 3.52. The fourth-order valence-electron chi connectivity index (χ4n) is 2.14. The molecule has 3 nitrogen and oxygen atoms in total. The first kappa shape index (κ1) is 13.6. The third-order valence-corrected chi connectivity index (χ3v) is 3.14. The van der Waals surface area contributed by atoms with E-state index in [1.54, 1.807) is 0 Å².